The number of Topliss-reactive ketones (excluding diaryl/α,β-unsaturated/α-hetero) is 1. The van der Waals surface area contributed by atoms with Crippen molar-refractivity contribution in [1.29, 1.82) is 0 Å². The molecule has 0 aromatic heterocycles. The lowest BCUT2D eigenvalue weighted by atomic mass is 9.46. The first-order valence-corrected chi connectivity index (χ1v) is 15.0. The van der Waals surface area contributed by atoms with Gasteiger partial charge in [0.15, 0.2) is 5.78 Å². The Kier molecular flexibility index (Phi) is 8.13. The van der Waals surface area contributed by atoms with Gasteiger partial charge in [0.05, 0.1) is 0 Å². The lowest BCUT2D eigenvalue weighted by Crippen LogP contribution is -2.62. The highest BCUT2D eigenvalue weighted by molar-refractivity contribution is 5.90. The van der Waals surface area contributed by atoms with Gasteiger partial charge in [-0.15, -0.1) is 0 Å². The first kappa shape index (κ1) is 27.8. The third-order valence-electron chi connectivity index (χ3n) is 11.9. The van der Waals surface area contributed by atoms with Gasteiger partial charge >= 0.3 is 0 Å². The number of nitrogens with zero attached hydrogens (tertiary/aromatic N) is 1. The Balaban J connectivity index is 1.54. The number of amides is 1. The van der Waals surface area contributed by atoms with Gasteiger partial charge in [0.25, 0.3) is 0 Å². The molecule has 204 valence electrons. The van der Waals surface area contributed by atoms with Crippen molar-refractivity contribution in [3.63, 3.8) is 0 Å². The molecule has 0 radical (unpaired) electrons. The zero-order valence-electron chi connectivity index (χ0n) is 23.7. The molecule has 3 saturated carbocycles. The molecule has 8 atom stereocenters. The van der Waals surface area contributed by atoms with Gasteiger partial charge in [0, 0.05) is 12.8 Å². The van der Waals surface area contributed by atoms with Crippen LogP contribution < -0.4 is 11.6 Å². The Morgan fingerprint density at radius 3 is 2.53 bits per heavy atom. The van der Waals surface area contributed by atoms with Gasteiger partial charge in [-0.1, -0.05) is 65.5 Å². The maximum absolute atomic E-state index is 13.2. The smallest absolute Gasteiger partial charge is 0.224 e. The maximum Gasteiger partial charge on any atom is 0.224 e. The van der Waals surface area contributed by atoms with E-state index in [0.29, 0.717) is 37.1 Å². The lowest BCUT2D eigenvalue weighted by molar-refractivity contribution is -0.143. The Labute approximate surface area is 220 Å². The van der Waals surface area contributed by atoms with Gasteiger partial charge < -0.3 is 5.73 Å². The summed E-state index contributed by atoms with van der Waals surface area (Å²) in [5.41, 5.74) is 6.77. The van der Waals surface area contributed by atoms with E-state index in [1.54, 1.807) is 0 Å². The average molecular weight is 500 g/mol. The van der Waals surface area contributed by atoms with Crippen LogP contribution >= 0.6 is 0 Å². The van der Waals surface area contributed by atoms with Gasteiger partial charge in [-0.2, -0.15) is 0 Å². The van der Waals surface area contributed by atoms with Crippen LogP contribution in [-0.4, -0.2) is 29.3 Å². The number of hydrogen-bond donors (Lipinski definition) is 2. The summed E-state index contributed by atoms with van der Waals surface area (Å²) in [6.07, 6.45) is 16.2. The molecule has 4 N–H and O–H groups in total. The van der Waals surface area contributed by atoms with Crippen molar-refractivity contribution in [1.82, 2.24) is 5.01 Å². The van der Waals surface area contributed by atoms with E-state index >= 15 is 0 Å². The quantitative estimate of drug-likeness (QED) is 0.126. The molecule has 4 aliphatic rings. The molecule has 0 aromatic rings. The first-order valence-electron chi connectivity index (χ1n) is 15.0. The molecule has 5 nitrogen and oxygen atoms in total. The van der Waals surface area contributed by atoms with E-state index in [1.165, 1.54) is 50.5 Å². The van der Waals surface area contributed by atoms with Crippen molar-refractivity contribution in [2.24, 2.45) is 57.9 Å². The number of fused-ring (bicyclic) bond motifs is 5. The van der Waals surface area contributed by atoms with E-state index in [1.807, 2.05) is 0 Å². The number of carbonyl (C=O) groups is 2. The zero-order valence-corrected chi connectivity index (χ0v) is 23.7. The molecular formula is C31H53N3O2. The van der Waals surface area contributed by atoms with E-state index in [2.05, 4.69) is 40.7 Å². The van der Waals surface area contributed by atoms with Crippen molar-refractivity contribution >= 4 is 12.2 Å². The Hall–Kier alpha value is -1.20. The van der Waals surface area contributed by atoms with Crippen LogP contribution in [0, 0.1) is 46.3 Å². The number of hydrogen-bond acceptors (Lipinski definition) is 4. The molecule has 4 aliphatic carbocycles. The zero-order chi connectivity index (χ0) is 26.3. The van der Waals surface area contributed by atoms with Crippen molar-refractivity contribution < 1.29 is 9.59 Å². The fourth-order valence-electron chi connectivity index (χ4n) is 9.74. The van der Waals surface area contributed by atoms with Crippen LogP contribution in [0.4, 0.5) is 0 Å². The summed E-state index contributed by atoms with van der Waals surface area (Å²) >= 11 is 0. The van der Waals surface area contributed by atoms with Crippen molar-refractivity contribution in [3.05, 3.63) is 11.6 Å². The molecule has 0 heterocycles. The molecule has 36 heavy (non-hydrogen) atoms. The third kappa shape index (κ3) is 4.51. The summed E-state index contributed by atoms with van der Waals surface area (Å²) in [6.45, 7) is 12.6. The highest BCUT2D eigenvalue weighted by atomic mass is 16.2. The minimum atomic E-state index is -0.924. The number of nitrogens with two attached hydrogens (primary N) is 2. The van der Waals surface area contributed by atoms with Crippen LogP contribution in [0.15, 0.2) is 11.6 Å². The van der Waals surface area contributed by atoms with E-state index in [9.17, 15) is 9.59 Å². The molecule has 1 amide bonds. The second-order valence-electron chi connectivity index (χ2n) is 14.0. The van der Waals surface area contributed by atoms with Crippen LogP contribution in [-0.2, 0) is 9.59 Å². The standard InChI is InChI=1S/C31H53N3O2/c1-21(2)7-6-8-22(3)25-11-12-26-24-10-9-23-19-31(34(33)20-35,28(36)14-18-32)17-16-29(23,4)27(24)13-15-30(25,26)5/h9,20-22,24-27H,6-8,10-19,32-33H2,1-5H3/t22-,24?,25-,26?,27?,29+,30-,31?/m1/s1. The lowest BCUT2D eigenvalue weighted by Gasteiger charge is -2.60. The van der Waals surface area contributed by atoms with Crippen LogP contribution in [0.2, 0.25) is 0 Å². The number of carbonyl (C=O) groups excluding carboxylic acids is 2. The minimum Gasteiger partial charge on any atom is -0.330 e. The molecule has 0 aliphatic heterocycles. The van der Waals surface area contributed by atoms with Gasteiger partial charge in [0.1, 0.15) is 5.54 Å². The highest BCUT2D eigenvalue weighted by Crippen LogP contribution is 2.68. The molecule has 4 rings (SSSR count). The number of ketones is 1. The van der Waals surface area contributed by atoms with E-state index in [4.69, 9.17) is 11.6 Å². The number of allylic oxidation sites excluding steroid dienone is 1. The van der Waals surface area contributed by atoms with Crippen LogP contribution in [0.1, 0.15) is 112 Å². The minimum absolute atomic E-state index is 0.0194. The van der Waals surface area contributed by atoms with Gasteiger partial charge in [-0.25, -0.2) is 5.84 Å². The molecular weight excluding hydrogens is 446 g/mol. The molecule has 4 unspecified atom stereocenters. The van der Waals surface area contributed by atoms with Gasteiger partial charge in [-0.05, 0) is 97.8 Å². The topological polar surface area (TPSA) is 89.4 Å². The molecule has 0 aromatic carbocycles. The second-order valence-corrected chi connectivity index (χ2v) is 14.0. The van der Waals surface area contributed by atoms with E-state index in [-0.39, 0.29) is 17.6 Å². The number of rotatable bonds is 10. The summed E-state index contributed by atoms with van der Waals surface area (Å²) in [4.78, 5) is 24.9. The first-order chi connectivity index (χ1) is 17.0. The molecule has 5 heteroatoms. The fraction of sp³-hybridized carbons (Fsp3) is 0.871. The van der Waals surface area contributed by atoms with Gasteiger partial charge in [0.2, 0.25) is 6.41 Å². The predicted octanol–water partition coefficient (Wildman–Crippen LogP) is 6.02. The normalized spacial score (nSPS) is 40.6. The predicted molar refractivity (Wildman–Crippen MR) is 147 cm³/mol. The van der Waals surface area contributed by atoms with E-state index in [0.717, 1.165) is 47.4 Å². The SMILES string of the molecule is CC(C)CCC[C@@H](C)[C@H]1CCC2C3CC=C4CC(C(=O)CCN)(N(N)C=O)CC[C@]4(C)C3CC[C@@]21C. The molecule has 0 saturated heterocycles. The van der Waals surface area contributed by atoms with Crippen LogP contribution in [0.25, 0.3) is 0 Å². The summed E-state index contributed by atoms with van der Waals surface area (Å²) in [5, 5.41) is 1.16. The van der Waals surface area contributed by atoms with Crippen LogP contribution in [0.5, 0.6) is 0 Å². The Bertz CT molecular complexity index is 855. The average Bonchev–Trinajstić information content (AvgIpc) is 3.20. The van der Waals surface area contributed by atoms with E-state index < -0.39 is 5.54 Å². The van der Waals surface area contributed by atoms with Crippen molar-refractivity contribution in [2.45, 2.75) is 117 Å². The van der Waals surface area contributed by atoms with Crippen molar-refractivity contribution in [2.75, 3.05) is 6.54 Å². The largest absolute Gasteiger partial charge is 0.330 e. The highest BCUT2D eigenvalue weighted by Gasteiger charge is 2.61. The second kappa shape index (κ2) is 10.5. The monoisotopic (exact) mass is 499 g/mol. The summed E-state index contributed by atoms with van der Waals surface area (Å²) in [7, 11) is 0. The summed E-state index contributed by atoms with van der Waals surface area (Å²) < 4.78 is 0. The van der Waals surface area contributed by atoms with Crippen LogP contribution in [0.3, 0.4) is 0 Å². The summed E-state index contributed by atoms with van der Waals surface area (Å²) in [6, 6.07) is 0. The molecule has 3 fully saturated rings. The third-order valence-corrected chi connectivity index (χ3v) is 11.9. The Morgan fingerprint density at radius 2 is 1.86 bits per heavy atom. The molecule has 0 bridgehead atoms. The Morgan fingerprint density at radius 1 is 1.11 bits per heavy atom. The maximum atomic E-state index is 13.2. The summed E-state index contributed by atoms with van der Waals surface area (Å²) in [5.74, 6) is 10.9. The van der Waals surface area contributed by atoms with Crippen molar-refractivity contribution in [3.8, 4) is 0 Å². The number of hydrazine groups is 1. The molecule has 0 spiro atoms. The van der Waals surface area contributed by atoms with Gasteiger partial charge in [-0.3, -0.25) is 14.6 Å². The fourth-order valence-corrected chi connectivity index (χ4v) is 9.74.